The van der Waals surface area contributed by atoms with Crippen LogP contribution in [-0.2, 0) is 13.0 Å². The molecule has 0 atom stereocenters. The fourth-order valence-electron chi connectivity index (χ4n) is 2.11. The monoisotopic (exact) mass is 274 g/mol. The van der Waals surface area contributed by atoms with Gasteiger partial charge in [0, 0.05) is 25.9 Å². The summed E-state index contributed by atoms with van der Waals surface area (Å²) in [6.07, 6.45) is 3.29. The van der Waals surface area contributed by atoms with Crippen molar-refractivity contribution in [2.45, 2.75) is 19.4 Å². The van der Waals surface area contributed by atoms with Crippen molar-refractivity contribution in [2.75, 3.05) is 19.8 Å². The molecule has 6 heteroatoms. The highest BCUT2D eigenvalue weighted by atomic mass is 16.5. The Morgan fingerprint density at radius 3 is 2.95 bits per heavy atom. The molecule has 0 amide bonds. The molecular weight excluding hydrogens is 256 g/mol. The summed E-state index contributed by atoms with van der Waals surface area (Å²) >= 11 is 0. The number of nitrogens with one attached hydrogen (secondary N) is 2. The molecule has 106 valence electrons. The highest BCUT2D eigenvalue weighted by Gasteiger charge is 2.10. The average molecular weight is 274 g/mol. The van der Waals surface area contributed by atoms with Gasteiger partial charge in [-0.15, -0.1) is 0 Å². The van der Waals surface area contributed by atoms with Gasteiger partial charge in [0.05, 0.1) is 13.2 Å². The van der Waals surface area contributed by atoms with E-state index in [2.05, 4.69) is 26.6 Å². The predicted molar refractivity (Wildman–Crippen MR) is 73.8 cm³/mol. The van der Waals surface area contributed by atoms with Gasteiger partial charge in [0.2, 0.25) is 0 Å². The van der Waals surface area contributed by atoms with Crippen LogP contribution in [0.1, 0.15) is 17.8 Å². The first-order valence-electron chi connectivity index (χ1n) is 6.85. The van der Waals surface area contributed by atoms with E-state index < -0.39 is 0 Å². The van der Waals surface area contributed by atoms with Crippen LogP contribution in [0.3, 0.4) is 0 Å². The van der Waals surface area contributed by atoms with Gasteiger partial charge in [-0.2, -0.15) is 5.10 Å². The van der Waals surface area contributed by atoms with Crippen LogP contribution in [0.2, 0.25) is 0 Å². The van der Waals surface area contributed by atoms with Crippen molar-refractivity contribution in [1.29, 1.82) is 0 Å². The van der Waals surface area contributed by atoms with Crippen molar-refractivity contribution >= 4 is 0 Å². The molecule has 1 aromatic carbocycles. The second-order valence-corrected chi connectivity index (χ2v) is 4.69. The summed E-state index contributed by atoms with van der Waals surface area (Å²) in [5.41, 5.74) is 1.19. The van der Waals surface area contributed by atoms with Gasteiger partial charge in [-0.1, -0.05) is 6.07 Å². The van der Waals surface area contributed by atoms with Gasteiger partial charge in [0.15, 0.2) is 11.5 Å². The minimum Gasteiger partial charge on any atom is -0.490 e. The fourth-order valence-corrected chi connectivity index (χ4v) is 2.11. The molecule has 0 aliphatic carbocycles. The second kappa shape index (κ2) is 6.38. The van der Waals surface area contributed by atoms with Crippen molar-refractivity contribution in [3.05, 3.63) is 35.9 Å². The van der Waals surface area contributed by atoms with Gasteiger partial charge in [0.1, 0.15) is 12.2 Å². The van der Waals surface area contributed by atoms with Crippen LogP contribution in [0.5, 0.6) is 11.5 Å². The normalized spacial score (nSPS) is 14.0. The number of aromatic nitrogens is 3. The van der Waals surface area contributed by atoms with Gasteiger partial charge in [-0.25, -0.2) is 4.98 Å². The van der Waals surface area contributed by atoms with E-state index in [1.165, 1.54) is 11.9 Å². The molecule has 0 unspecified atom stereocenters. The van der Waals surface area contributed by atoms with Crippen molar-refractivity contribution in [1.82, 2.24) is 20.5 Å². The van der Waals surface area contributed by atoms with E-state index in [0.717, 1.165) is 56.5 Å². The zero-order valence-electron chi connectivity index (χ0n) is 11.3. The van der Waals surface area contributed by atoms with Gasteiger partial charge in [0.25, 0.3) is 0 Å². The third-order valence-electron chi connectivity index (χ3n) is 3.14. The molecular formula is C14H18N4O2. The zero-order valence-corrected chi connectivity index (χ0v) is 11.3. The van der Waals surface area contributed by atoms with Crippen LogP contribution >= 0.6 is 0 Å². The molecule has 0 saturated carbocycles. The number of H-pyrrole nitrogens is 1. The third-order valence-corrected chi connectivity index (χ3v) is 3.14. The van der Waals surface area contributed by atoms with Crippen molar-refractivity contribution < 1.29 is 9.47 Å². The Morgan fingerprint density at radius 2 is 2.10 bits per heavy atom. The summed E-state index contributed by atoms with van der Waals surface area (Å²) in [6.45, 7) is 3.09. The maximum atomic E-state index is 5.68. The maximum Gasteiger partial charge on any atom is 0.161 e. The lowest BCUT2D eigenvalue weighted by Gasteiger charge is -2.09. The Kier molecular flexibility index (Phi) is 4.13. The third kappa shape index (κ3) is 3.27. The maximum absolute atomic E-state index is 5.68. The quantitative estimate of drug-likeness (QED) is 0.804. The minimum absolute atomic E-state index is 0.718. The number of ether oxygens (including phenoxy) is 2. The number of hydrogen-bond acceptors (Lipinski definition) is 5. The van der Waals surface area contributed by atoms with E-state index in [-0.39, 0.29) is 0 Å². The molecule has 0 spiro atoms. The van der Waals surface area contributed by atoms with Gasteiger partial charge in [-0.3, -0.25) is 5.10 Å². The second-order valence-electron chi connectivity index (χ2n) is 4.69. The number of rotatable bonds is 5. The Hall–Kier alpha value is -2.08. The van der Waals surface area contributed by atoms with E-state index in [1.54, 1.807) is 0 Å². The van der Waals surface area contributed by atoms with Crippen LogP contribution < -0.4 is 14.8 Å². The molecule has 2 N–H and O–H groups in total. The Bertz CT molecular complexity index is 542. The number of nitrogens with zero attached hydrogens (tertiary/aromatic N) is 2. The topological polar surface area (TPSA) is 72.1 Å². The molecule has 1 aromatic heterocycles. The fraction of sp³-hybridized carbons (Fsp3) is 0.429. The van der Waals surface area contributed by atoms with E-state index in [4.69, 9.17) is 9.47 Å². The lowest BCUT2D eigenvalue weighted by Crippen LogP contribution is -2.17. The highest BCUT2D eigenvalue weighted by molar-refractivity contribution is 5.43. The molecule has 20 heavy (non-hydrogen) atoms. The van der Waals surface area contributed by atoms with Crippen LogP contribution in [-0.4, -0.2) is 34.9 Å². The molecule has 1 aliphatic heterocycles. The first kappa shape index (κ1) is 12.9. The van der Waals surface area contributed by atoms with E-state index in [9.17, 15) is 0 Å². The number of aromatic amines is 1. The molecule has 0 radical (unpaired) electrons. The molecule has 0 saturated heterocycles. The Balaban J connectivity index is 1.51. The molecule has 0 fully saturated rings. The molecule has 2 aromatic rings. The van der Waals surface area contributed by atoms with Gasteiger partial charge < -0.3 is 14.8 Å². The SMILES string of the molecule is c1n[nH]c(CCNCc2ccc3c(c2)OCCCO3)n1. The van der Waals surface area contributed by atoms with Crippen LogP contribution in [0, 0.1) is 0 Å². The van der Waals surface area contributed by atoms with Gasteiger partial charge >= 0.3 is 0 Å². The molecule has 6 nitrogen and oxygen atoms in total. The highest BCUT2D eigenvalue weighted by Crippen LogP contribution is 2.30. The summed E-state index contributed by atoms with van der Waals surface area (Å²) in [4.78, 5) is 4.09. The standard InChI is InChI=1S/C14H18N4O2/c1-6-19-12-3-2-11(8-13(12)20-7-1)9-15-5-4-14-16-10-17-18-14/h2-3,8,10,15H,1,4-7,9H2,(H,16,17,18). The Labute approximate surface area is 117 Å². The lowest BCUT2D eigenvalue weighted by atomic mass is 10.2. The van der Waals surface area contributed by atoms with E-state index in [0.29, 0.717) is 0 Å². The van der Waals surface area contributed by atoms with E-state index in [1.807, 2.05) is 12.1 Å². The first-order chi connectivity index (χ1) is 9.92. The summed E-state index contributed by atoms with van der Waals surface area (Å²) < 4.78 is 11.3. The van der Waals surface area contributed by atoms with E-state index >= 15 is 0 Å². The number of fused-ring (bicyclic) bond motifs is 1. The van der Waals surface area contributed by atoms with Crippen LogP contribution in [0.4, 0.5) is 0 Å². The Morgan fingerprint density at radius 1 is 1.20 bits per heavy atom. The van der Waals surface area contributed by atoms with Crippen molar-refractivity contribution in [3.63, 3.8) is 0 Å². The summed E-state index contributed by atoms with van der Waals surface area (Å²) in [6, 6.07) is 6.09. The number of benzene rings is 1. The summed E-state index contributed by atoms with van der Waals surface area (Å²) in [5, 5.41) is 10.0. The lowest BCUT2D eigenvalue weighted by molar-refractivity contribution is 0.297. The van der Waals surface area contributed by atoms with Crippen molar-refractivity contribution in [2.24, 2.45) is 0 Å². The van der Waals surface area contributed by atoms with Crippen molar-refractivity contribution in [3.8, 4) is 11.5 Å². The zero-order chi connectivity index (χ0) is 13.6. The summed E-state index contributed by atoms with van der Waals surface area (Å²) in [5.74, 6) is 2.58. The molecule has 3 rings (SSSR count). The van der Waals surface area contributed by atoms with Gasteiger partial charge in [-0.05, 0) is 17.7 Å². The largest absolute Gasteiger partial charge is 0.490 e. The average Bonchev–Trinajstić information content (AvgIpc) is 2.87. The molecule has 0 bridgehead atoms. The summed E-state index contributed by atoms with van der Waals surface area (Å²) in [7, 11) is 0. The number of hydrogen-bond donors (Lipinski definition) is 2. The molecule has 1 aliphatic rings. The minimum atomic E-state index is 0.718. The van der Waals surface area contributed by atoms with Crippen LogP contribution in [0.25, 0.3) is 0 Å². The smallest absolute Gasteiger partial charge is 0.161 e. The first-order valence-corrected chi connectivity index (χ1v) is 6.85. The molecule has 2 heterocycles. The predicted octanol–water partition coefficient (Wildman–Crippen LogP) is 1.30. The van der Waals surface area contributed by atoms with Crippen LogP contribution in [0.15, 0.2) is 24.5 Å².